The number of hydrogen-bond donors (Lipinski definition) is 0. The van der Waals surface area contributed by atoms with Gasteiger partial charge in [-0.15, -0.1) is 0 Å². The van der Waals surface area contributed by atoms with Gasteiger partial charge in [0.2, 0.25) is 0 Å². The topological polar surface area (TPSA) is 38.7 Å². The van der Waals surface area contributed by atoms with Crippen molar-refractivity contribution < 1.29 is 0 Å². The number of nitrogens with zero attached hydrogens (tertiary/aromatic N) is 3. The molecule has 0 amide bonds. The van der Waals surface area contributed by atoms with Crippen LogP contribution in [0.2, 0.25) is 5.02 Å². The first-order valence-corrected chi connectivity index (χ1v) is 7.24. The van der Waals surface area contributed by atoms with Gasteiger partial charge in [0.15, 0.2) is 5.82 Å². The van der Waals surface area contributed by atoms with Gasteiger partial charge >= 0.3 is 0 Å². The Labute approximate surface area is 127 Å². The van der Waals surface area contributed by atoms with Crippen LogP contribution < -0.4 is 0 Å². The molecule has 1 aliphatic carbocycles. The molecular weight excluding hydrogens is 282 g/mol. The monoisotopic (exact) mass is 293 g/mol. The quantitative estimate of drug-likeness (QED) is 0.682. The molecule has 2 heterocycles. The van der Waals surface area contributed by atoms with E-state index in [0.717, 1.165) is 29.9 Å². The fourth-order valence-electron chi connectivity index (χ4n) is 2.69. The average molecular weight is 294 g/mol. The van der Waals surface area contributed by atoms with Gasteiger partial charge in [-0.1, -0.05) is 11.6 Å². The molecule has 3 aromatic rings. The molecule has 1 aliphatic rings. The van der Waals surface area contributed by atoms with Gasteiger partial charge in [-0.05, 0) is 54.3 Å². The maximum atomic E-state index is 5.93. The van der Waals surface area contributed by atoms with E-state index in [1.807, 2.05) is 48.9 Å². The lowest BCUT2D eigenvalue weighted by Gasteiger charge is -2.18. The first-order valence-electron chi connectivity index (χ1n) is 6.86. The van der Waals surface area contributed by atoms with Crippen LogP contribution in [0.1, 0.15) is 11.1 Å². The third kappa shape index (κ3) is 2.20. The van der Waals surface area contributed by atoms with Crippen LogP contribution >= 0.6 is 11.6 Å². The number of halogens is 1. The summed E-state index contributed by atoms with van der Waals surface area (Å²) in [5, 5.41) is 0.716. The molecule has 0 atom stereocenters. The molecule has 4 heteroatoms. The van der Waals surface area contributed by atoms with E-state index in [1.165, 1.54) is 16.7 Å². The number of fused-ring (bicyclic) bond motifs is 3. The van der Waals surface area contributed by atoms with E-state index < -0.39 is 0 Å². The summed E-state index contributed by atoms with van der Waals surface area (Å²) in [6.45, 7) is 0. The predicted octanol–water partition coefficient (Wildman–Crippen LogP) is 3.96. The minimum absolute atomic E-state index is 0.716. The van der Waals surface area contributed by atoms with E-state index in [9.17, 15) is 0 Å². The number of benzene rings is 1. The minimum atomic E-state index is 0.716. The lowest BCUT2D eigenvalue weighted by atomic mass is 9.91. The van der Waals surface area contributed by atoms with E-state index in [2.05, 4.69) is 9.97 Å². The van der Waals surface area contributed by atoms with Gasteiger partial charge in [0.05, 0.1) is 5.69 Å². The fraction of sp³-hybridized carbons (Fsp3) is 0.118. The van der Waals surface area contributed by atoms with E-state index in [-0.39, 0.29) is 0 Å². The molecule has 0 unspecified atom stereocenters. The molecule has 3 nitrogen and oxygen atoms in total. The number of pyridine rings is 1. The highest BCUT2D eigenvalue weighted by molar-refractivity contribution is 6.30. The molecule has 0 saturated heterocycles. The van der Waals surface area contributed by atoms with Crippen LogP contribution in [0.4, 0.5) is 0 Å². The van der Waals surface area contributed by atoms with Crippen molar-refractivity contribution in [1.29, 1.82) is 0 Å². The molecule has 0 N–H and O–H groups in total. The summed E-state index contributed by atoms with van der Waals surface area (Å²) in [6.07, 6.45) is 7.66. The molecule has 102 valence electrons. The maximum absolute atomic E-state index is 5.93. The van der Waals surface area contributed by atoms with Crippen LogP contribution in [0.5, 0.6) is 0 Å². The summed E-state index contributed by atoms with van der Waals surface area (Å²) in [5.41, 5.74) is 5.63. The second-order valence-electron chi connectivity index (χ2n) is 5.11. The Kier molecular flexibility index (Phi) is 2.93. The molecule has 2 aromatic heterocycles. The van der Waals surface area contributed by atoms with E-state index in [1.54, 1.807) is 0 Å². The van der Waals surface area contributed by atoms with Crippen molar-refractivity contribution in [3.63, 3.8) is 0 Å². The molecule has 0 radical (unpaired) electrons. The summed E-state index contributed by atoms with van der Waals surface area (Å²) < 4.78 is 0. The van der Waals surface area contributed by atoms with Crippen molar-refractivity contribution in [2.45, 2.75) is 12.8 Å². The molecule has 0 fully saturated rings. The Balaban J connectivity index is 1.86. The molecule has 21 heavy (non-hydrogen) atoms. The Morgan fingerprint density at radius 3 is 2.57 bits per heavy atom. The fourth-order valence-corrected chi connectivity index (χ4v) is 2.81. The van der Waals surface area contributed by atoms with Crippen molar-refractivity contribution in [1.82, 2.24) is 15.0 Å². The van der Waals surface area contributed by atoms with Gasteiger partial charge < -0.3 is 0 Å². The molecule has 0 bridgehead atoms. The SMILES string of the molecule is Clc1ccc(-c2ncc3c(n2)-c2ccncc2CC3)cc1. The zero-order valence-corrected chi connectivity index (χ0v) is 12.0. The predicted molar refractivity (Wildman–Crippen MR) is 83.1 cm³/mol. The molecule has 1 aromatic carbocycles. The number of aromatic nitrogens is 3. The second-order valence-corrected chi connectivity index (χ2v) is 5.54. The Hall–Kier alpha value is -2.26. The molecule has 0 aliphatic heterocycles. The van der Waals surface area contributed by atoms with Crippen molar-refractivity contribution in [2.24, 2.45) is 0 Å². The van der Waals surface area contributed by atoms with Gasteiger partial charge in [0.25, 0.3) is 0 Å². The second kappa shape index (κ2) is 4.93. The highest BCUT2D eigenvalue weighted by atomic mass is 35.5. The zero-order chi connectivity index (χ0) is 14.2. The van der Waals surface area contributed by atoms with Crippen LogP contribution in [-0.2, 0) is 12.8 Å². The molecule has 0 spiro atoms. The summed E-state index contributed by atoms with van der Waals surface area (Å²) >= 11 is 5.93. The Morgan fingerprint density at radius 1 is 0.905 bits per heavy atom. The highest BCUT2D eigenvalue weighted by Gasteiger charge is 2.18. The van der Waals surface area contributed by atoms with Gasteiger partial charge in [0.1, 0.15) is 0 Å². The zero-order valence-electron chi connectivity index (χ0n) is 11.3. The molecule has 4 rings (SSSR count). The van der Waals surface area contributed by atoms with E-state index >= 15 is 0 Å². The van der Waals surface area contributed by atoms with Crippen molar-refractivity contribution >= 4 is 11.6 Å². The maximum Gasteiger partial charge on any atom is 0.159 e. The first-order chi connectivity index (χ1) is 10.3. The van der Waals surface area contributed by atoms with Gasteiger partial charge in [-0.25, -0.2) is 9.97 Å². The molecule has 0 saturated carbocycles. The lowest BCUT2D eigenvalue weighted by Crippen LogP contribution is -2.07. The largest absolute Gasteiger partial charge is 0.264 e. The summed E-state index contributed by atoms with van der Waals surface area (Å²) in [5.74, 6) is 0.732. The van der Waals surface area contributed by atoms with Crippen molar-refractivity contribution in [3.05, 3.63) is 65.1 Å². The van der Waals surface area contributed by atoms with Crippen LogP contribution in [0, 0.1) is 0 Å². The third-order valence-corrected chi connectivity index (χ3v) is 4.04. The number of aryl methyl sites for hydroxylation is 2. The van der Waals surface area contributed by atoms with Crippen molar-refractivity contribution in [3.8, 4) is 22.6 Å². The van der Waals surface area contributed by atoms with Crippen LogP contribution in [0.25, 0.3) is 22.6 Å². The normalized spacial score (nSPS) is 12.6. The van der Waals surface area contributed by atoms with Gasteiger partial charge in [-0.3, -0.25) is 4.98 Å². The van der Waals surface area contributed by atoms with Crippen LogP contribution in [0.3, 0.4) is 0 Å². The number of hydrogen-bond acceptors (Lipinski definition) is 3. The number of rotatable bonds is 1. The highest BCUT2D eigenvalue weighted by Crippen LogP contribution is 2.32. The summed E-state index contributed by atoms with van der Waals surface area (Å²) in [7, 11) is 0. The smallest absolute Gasteiger partial charge is 0.159 e. The van der Waals surface area contributed by atoms with Gasteiger partial charge in [0, 0.05) is 34.7 Å². The third-order valence-electron chi connectivity index (χ3n) is 3.79. The standard InChI is InChI=1S/C17H12ClN3/c18-14-5-3-11(4-6-14)17-20-10-13-2-1-12-9-19-8-7-15(12)16(13)21-17/h3-10H,1-2H2. The van der Waals surface area contributed by atoms with Crippen LogP contribution in [-0.4, -0.2) is 15.0 Å². The average Bonchev–Trinajstić information content (AvgIpc) is 2.55. The summed E-state index contributed by atoms with van der Waals surface area (Å²) in [6, 6.07) is 9.64. The Bertz CT molecular complexity index is 813. The summed E-state index contributed by atoms with van der Waals surface area (Å²) in [4.78, 5) is 13.5. The van der Waals surface area contributed by atoms with E-state index in [0.29, 0.717) is 5.02 Å². The van der Waals surface area contributed by atoms with Crippen molar-refractivity contribution in [2.75, 3.05) is 0 Å². The molecular formula is C17H12ClN3. The van der Waals surface area contributed by atoms with Crippen LogP contribution in [0.15, 0.2) is 48.9 Å². The van der Waals surface area contributed by atoms with Gasteiger partial charge in [-0.2, -0.15) is 0 Å². The first kappa shape index (κ1) is 12.5. The minimum Gasteiger partial charge on any atom is -0.264 e. The van der Waals surface area contributed by atoms with E-state index in [4.69, 9.17) is 16.6 Å². The lowest BCUT2D eigenvalue weighted by molar-refractivity contribution is 0.904. The Morgan fingerprint density at radius 2 is 1.71 bits per heavy atom.